The SMILES string of the molecule is Cl.NC1CCn2c(cnc2C2CCCSC2)C1. The van der Waals surface area contributed by atoms with Gasteiger partial charge in [0.2, 0.25) is 0 Å². The maximum absolute atomic E-state index is 5.99. The van der Waals surface area contributed by atoms with Crippen molar-refractivity contribution in [2.45, 2.75) is 44.2 Å². The highest BCUT2D eigenvalue weighted by Crippen LogP contribution is 2.32. The van der Waals surface area contributed by atoms with Crippen molar-refractivity contribution in [3.05, 3.63) is 17.7 Å². The van der Waals surface area contributed by atoms with Crippen LogP contribution in [0.15, 0.2) is 6.20 Å². The molecule has 0 spiro atoms. The first-order valence-electron chi connectivity index (χ1n) is 6.22. The van der Waals surface area contributed by atoms with Gasteiger partial charge in [0.15, 0.2) is 0 Å². The van der Waals surface area contributed by atoms with Gasteiger partial charge in [0.25, 0.3) is 0 Å². The van der Waals surface area contributed by atoms with Crippen LogP contribution >= 0.6 is 24.2 Å². The fraction of sp³-hybridized carbons (Fsp3) is 0.750. The van der Waals surface area contributed by atoms with Crippen LogP contribution in [0.25, 0.3) is 0 Å². The Bertz CT molecular complexity index is 374. The number of halogens is 1. The first kappa shape index (κ1) is 13.2. The van der Waals surface area contributed by atoms with Gasteiger partial charge in [-0.2, -0.15) is 11.8 Å². The fourth-order valence-electron chi connectivity index (χ4n) is 2.78. The lowest BCUT2D eigenvalue weighted by Crippen LogP contribution is -2.31. The molecule has 1 saturated heterocycles. The molecule has 96 valence electrons. The van der Waals surface area contributed by atoms with E-state index in [1.165, 1.54) is 35.9 Å². The molecule has 1 fully saturated rings. The standard InChI is InChI=1S/C12H19N3S.ClH/c13-10-3-4-15-11(6-10)7-14-12(15)9-2-1-5-16-8-9;/h7,9-10H,1-6,8,13H2;1H. The molecule has 5 heteroatoms. The van der Waals surface area contributed by atoms with Crippen molar-refractivity contribution in [2.75, 3.05) is 11.5 Å². The molecular formula is C12H20ClN3S. The van der Waals surface area contributed by atoms with Crippen LogP contribution < -0.4 is 5.73 Å². The quantitative estimate of drug-likeness (QED) is 0.853. The first-order chi connectivity index (χ1) is 7.84. The summed E-state index contributed by atoms with van der Waals surface area (Å²) >= 11 is 2.07. The van der Waals surface area contributed by atoms with Crippen LogP contribution in [0.4, 0.5) is 0 Å². The summed E-state index contributed by atoms with van der Waals surface area (Å²) < 4.78 is 2.43. The molecule has 0 aliphatic carbocycles. The molecule has 3 heterocycles. The van der Waals surface area contributed by atoms with Gasteiger partial charge >= 0.3 is 0 Å². The predicted octanol–water partition coefficient (Wildman–Crippen LogP) is 2.19. The summed E-state index contributed by atoms with van der Waals surface area (Å²) in [5, 5.41) is 0. The molecule has 2 aliphatic heterocycles. The minimum Gasteiger partial charge on any atom is -0.332 e. The summed E-state index contributed by atoms with van der Waals surface area (Å²) in [6, 6.07) is 0.345. The largest absolute Gasteiger partial charge is 0.332 e. The summed E-state index contributed by atoms with van der Waals surface area (Å²) in [6.45, 7) is 1.08. The number of hydrogen-bond acceptors (Lipinski definition) is 3. The van der Waals surface area contributed by atoms with Crippen LogP contribution in [0.3, 0.4) is 0 Å². The summed E-state index contributed by atoms with van der Waals surface area (Å²) in [7, 11) is 0. The molecule has 0 saturated carbocycles. The third kappa shape index (κ3) is 2.64. The molecular weight excluding hydrogens is 254 g/mol. The highest BCUT2D eigenvalue weighted by atomic mass is 35.5. The van der Waals surface area contributed by atoms with Crippen LogP contribution in [0.2, 0.25) is 0 Å². The van der Waals surface area contributed by atoms with E-state index in [1.54, 1.807) is 0 Å². The lowest BCUT2D eigenvalue weighted by molar-refractivity contribution is 0.447. The zero-order valence-corrected chi connectivity index (χ0v) is 11.6. The third-order valence-electron chi connectivity index (χ3n) is 3.69. The highest BCUT2D eigenvalue weighted by molar-refractivity contribution is 7.99. The second kappa shape index (κ2) is 5.63. The lowest BCUT2D eigenvalue weighted by atomic mass is 10.0. The Morgan fingerprint density at radius 2 is 2.29 bits per heavy atom. The summed E-state index contributed by atoms with van der Waals surface area (Å²) in [5.41, 5.74) is 7.34. The van der Waals surface area contributed by atoms with Crippen LogP contribution in [0.1, 0.15) is 36.7 Å². The van der Waals surface area contributed by atoms with E-state index in [2.05, 4.69) is 21.3 Å². The minimum absolute atomic E-state index is 0. The van der Waals surface area contributed by atoms with Crippen LogP contribution in [-0.2, 0) is 13.0 Å². The molecule has 3 rings (SSSR count). The second-order valence-corrected chi connectivity index (χ2v) is 6.08. The zero-order chi connectivity index (χ0) is 11.0. The Balaban J connectivity index is 0.00000108. The number of rotatable bonds is 1. The molecule has 2 aliphatic rings. The van der Waals surface area contributed by atoms with Gasteiger partial charge < -0.3 is 10.3 Å². The van der Waals surface area contributed by atoms with Gasteiger partial charge in [0.1, 0.15) is 5.82 Å². The number of fused-ring (bicyclic) bond motifs is 1. The maximum atomic E-state index is 5.99. The number of hydrogen-bond donors (Lipinski definition) is 1. The Hall–Kier alpha value is -0.190. The molecule has 0 bridgehead atoms. The first-order valence-corrected chi connectivity index (χ1v) is 7.37. The van der Waals surface area contributed by atoms with E-state index in [0.29, 0.717) is 12.0 Å². The van der Waals surface area contributed by atoms with E-state index >= 15 is 0 Å². The van der Waals surface area contributed by atoms with E-state index < -0.39 is 0 Å². The third-order valence-corrected chi connectivity index (χ3v) is 4.90. The van der Waals surface area contributed by atoms with Crippen molar-refractivity contribution in [1.29, 1.82) is 0 Å². The van der Waals surface area contributed by atoms with Crippen molar-refractivity contribution in [3.8, 4) is 0 Å². The second-order valence-electron chi connectivity index (χ2n) is 4.93. The fourth-order valence-corrected chi connectivity index (χ4v) is 3.92. The number of thioether (sulfide) groups is 1. The normalized spacial score (nSPS) is 28.3. The summed E-state index contributed by atoms with van der Waals surface area (Å²) in [4.78, 5) is 4.65. The Labute approximate surface area is 113 Å². The van der Waals surface area contributed by atoms with Crippen LogP contribution in [0, 0.1) is 0 Å². The lowest BCUT2D eigenvalue weighted by Gasteiger charge is -2.26. The van der Waals surface area contributed by atoms with Gasteiger partial charge in [0.05, 0.1) is 0 Å². The topological polar surface area (TPSA) is 43.8 Å². The number of nitrogens with zero attached hydrogens (tertiary/aromatic N) is 2. The molecule has 0 aromatic carbocycles. The summed E-state index contributed by atoms with van der Waals surface area (Å²) in [5.74, 6) is 4.59. The van der Waals surface area contributed by atoms with E-state index in [1.807, 2.05) is 6.20 Å². The Morgan fingerprint density at radius 3 is 3.06 bits per heavy atom. The van der Waals surface area contributed by atoms with Crippen molar-refractivity contribution >= 4 is 24.2 Å². The van der Waals surface area contributed by atoms with Gasteiger partial charge in [-0.15, -0.1) is 12.4 Å². The van der Waals surface area contributed by atoms with Crippen LogP contribution in [0.5, 0.6) is 0 Å². The van der Waals surface area contributed by atoms with Gasteiger partial charge in [-0.05, 0) is 25.0 Å². The number of aromatic nitrogens is 2. The van der Waals surface area contributed by atoms with Gasteiger partial charge in [-0.3, -0.25) is 0 Å². The number of nitrogens with two attached hydrogens (primary N) is 1. The van der Waals surface area contributed by atoms with E-state index in [0.717, 1.165) is 19.4 Å². The van der Waals surface area contributed by atoms with Gasteiger partial charge in [0, 0.05) is 42.6 Å². The van der Waals surface area contributed by atoms with E-state index in [-0.39, 0.29) is 12.4 Å². The van der Waals surface area contributed by atoms with E-state index in [4.69, 9.17) is 5.73 Å². The molecule has 2 atom stereocenters. The Kier molecular flexibility index (Phi) is 4.39. The predicted molar refractivity (Wildman–Crippen MR) is 75.1 cm³/mol. The van der Waals surface area contributed by atoms with Crippen molar-refractivity contribution in [2.24, 2.45) is 5.73 Å². The molecule has 1 aromatic rings. The molecule has 3 nitrogen and oxygen atoms in total. The molecule has 2 N–H and O–H groups in total. The monoisotopic (exact) mass is 273 g/mol. The minimum atomic E-state index is 0. The molecule has 0 radical (unpaired) electrons. The maximum Gasteiger partial charge on any atom is 0.112 e. The van der Waals surface area contributed by atoms with Crippen molar-refractivity contribution in [3.63, 3.8) is 0 Å². The Morgan fingerprint density at radius 1 is 1.41 bits per heavy atom. The average molecular weight is 274 g/mol. The smallest absolute Gasteiger partial charge is 0.112 e. The molecule has 1 aromatic heterocycles. The zero-order valence-electron chi connectivity index (χ0n) is 9.97. The van der Waals surface area contributed by atoms with Gasteiger partial charge in [-0.1, -0.05) is 0 Å². The molecule has 0 amide bonds. The average Bonchev–Trinajstić information content (AvgIpc) is 2.73. The van der Waals surface area contributed by atoms with E-state index in [9.17, 15) is 0 Å². The van der Waals surface area contributed by atoms with Crippen molar-refractivity contribution < 1.29 is 0 Å². The highest BCUT2D eigenvalue weighted by Gasteiger charge is 2.25. The molecule has 2 unspecified atom stereocenters. The molecule has 17 heavy (non-hydrogen) atoms. The van der Waals surface area contributed by atoms with Gasteiger partial charge in [-0.25, -0.2) is 4.98 Å². The summed E-state index contributed by atoms with van der Waals surface area (Å²) in [6.07, 6.45) is 6.82. The number of imidazole rings is 1. The van der Waals surface area contributed by atoms with Crippen molar-refractivity contribution in [1.82, 2.24) is 9.55 Å². The van der Waals surface area contributed by atoms with Crippen LogP contribution in [-0.4, -0.2) is 27.1 Å².